The molecule has 0 aromatic carbocycles. The van der Waals surface area contributed by atoms with Crippen LogP contribution >= 0.6 is 0 Å². The summed E-state index contributed by atoms with van der Waals surface area (Å²) in [5.41, 5.74) is 5.40. The number of nitrogens with one attached hydrogen (secondary N) is 2. The number of aromatic nitrogens is 1. The average Bonchev–Trinajstić information content (AvgIpc) is 3.64. The van der Waals surface area contributed by atoms with E-state index in [0.29, 0.717) is 12.2 Å². The number of aliphatic hydroxyl groups is 1. The number of hydrogen-bond acceptors (Lipinski definition) is 4. The van der Waals surface area contributed by atoms with Gasteiger partial charge in [-0.05, 0) is 73.9 Å². The summed E-state index contributed by atoms with van der Waals surface area (Å²) in [6, 6.07) is 1.87. The van der Waals surface area contributed by atoms with Crippen molar-refractivity contribution in [1.29, 1.82) is 0 Å². The number of carbonyl (C=O) groups excluding carboxylic acids is 1. The first-order valence-corrected chi connectivity index (χ1v) is 11.9. The Morgan fingerprint density at radius 1 is 1.31 bits per heavy atom. The minimum atomic E-state index is -0.402. The molecule has 1 aromatic rings. The van der Waals surface area contributed by atoms with Crippen molar-refractivity contribution in [2.24, 2.45) is 5.92 Å². The number of aliphatic hydroxyl groups excluding tert-OH is 1. The van der Waals surface area contributed by atoms with E-state index in [4.69, 9.17) is 0 Å². The maximum absolute atomic E-state index is 12.0. The summed E-state index contributed by atoms with van der Waals surface area (Å²) in [5, 5.41) is 16.4. The molecule has 3 rings (SSSR count). The molecule has 5 nitrogen and oxygen atoms in total. The molecule has 1 fully saturated rings. The summed E-state index contributed by atoms with van der Waals surface area (Å²) < 4.78 is 0. The van der Waals surface area contributed by atoms with Crippen molar-refractivity contribution >= 4 is 17.8 Å². The van der Waals surface area contributed by atoms with Gasteiger partial charge in [-0.25, -0.2) is 4.98 Å². The third-order valence-electron chi connectivity index (χ3n) is 5.61. The van der Waals surface area contributed by atoms with Gasteiger partial charge in [-0.2, -0.15) is 0 Å². The predicted octanol–water partition coefficient (Wildman–Crippen LogP) is 5.69. The van der Waals surface area contributed by atoms with Crippen molar-refractivity contribution in [3.63, 3.8) is 0 Å². The molecule has 1 amide bonds. The molecule has 0 bridgehead atoms. The number of dihydropyridines is 1. The molecule has 2 unspecified atom stereocenters. The van der Waals surface area contributed by atoms with Gasteiger partial charge in [0.1, 0.15) is 5.82 Å². The van der Waals surface area contributed by atoms with E-state index in [1.54, 1.807) is 0 Å². The second kappa shape index (κ2) is 12.4. The minimum Gasteiger partial charge on any atom is -0.391 e. The highest BCUT2D eigenvalue weighted by molar-refractivity contribution is 5.93. The van der Waals surface area contributed by atoms with Crippen molar-refractivity contribution in [3.8, 4) is 0 Å². The van der Waals surface area contributed by atoms with Crippen LogP contribution in [0, 0.1) is 12.8 Å². The van der Waals surface area contributed by atoms with Gasteiger partial charge in [0.2, 0.25) is 5.91 Å². The Labute approximate surface area is 193 Å². The summed E-state index contributed by atoms with van der Waals surface area (Å²) in [4.78, 5) is 16.4. The molecule has 5 heteroatoms. The van der Waals surface area contributed by atoms with Crippen molar-refractivity contribution in [1.82, 2.24) is 10.3 Å². The van der Waals surface area contributed by atoms with Crippen LogP contribution in [-0.4, -0.2) is 28.1 Å². The maximum atomic E-state index is 12.0. The largest absolute Gasteiger partial charge is 0.391 e. The molecule has 2 aliphatic rings. The van der Waals surface area contributed by atoms with Gasteiger partial charge >= 0.3 is 0 Å². The van der Waals surface area contributed by atoms with E-state index in [-0.39, 0.29) is 17.9 Å². The highest BCUT2D eigenvalue weighted by Gasteiger charge is 2.29. The summed E-state index contributed by atoms with van der Waals surface area (Å²) >= 11 is 0. The van der Waals surface area contributed by atoms with E-state index in [9.17, 15) is 9.90 Å². The highest BCUT2D eigenvalue weighted by atomic mass is 16.3. The number of carbonyl (C=O) groups is 1. The highest BCUT2D eigenvalue weighted by Crippen LogP contribution is 2.30. The van der Waals surface area contributed by atoms with E-state index < -0.39 is 6.10 Å². The Bertz CT molecular complexity index is 907. The average molecular weight is 438 g/mol. The molecular formula is C27H39N3O2. The van der Waals surface area contributed by atoms with Gasteiger partial charge in [-0.15, -0.1) is 0 Å². The Balaban J connectivity index is 0.00000176. The van der Waals surface area contributed by atoms with E-state index in [0.717, 1.165) is 47.1 Å². The standard InChI is InChI=1S/C25H33N3O2.C2H6/c1-5-7-8-19(21-15-26-22(11-17(21)4)23(29)6-2)13-20-14-27-24(12-16(20)3)28-25(30)18-9-10-18;1-2/h7-8,11-15,18,22-23,26,29H,5-6,9-10H2,1-4H3,(H,27,28,30);1-2H3/b8-7+,19-13+;. The fraction of sp³-hybridized carbons (Fsp3) is 0.481. The molecule has 0 saturated heterocycles. The SMILES string of the molecule is CC.CC/C=C/C(=C\c1cnc(NC(=O)C2CC2)cc1C)C1=CNC(C(O)CC)C=C1C. The Morgan fingerprint density at radius 2 is 2.03 bits per heavy atom. The number of nitrogens with zero attached hydrogens (tertiary/aromatic N) is 1. The van der Waals surface area contributed by atoms with Crippen LogP contribution in [0.3, 0.4) is 0 Å². The number of aryl methyl sites for hydroxylation is 1. The van der Waals surface area contributed by atoms with Crippen LogP contribution in [0.15, 0.2) is 53.4 Å². The molecule has 32 heavy (non-hydrogen) atoms. The van der Waals surface area contributed by atoms with Crippen LogP contribution in [0.1, 0.15) is 71.4 Å². The number of hydrogen-bond donors (Lipinski definition) is 3. The summed E-state index contributed by atoms with van der Waals surface area (Å²) in [5.74, 6) is 0.839. The molecule has 0 spiro atoms. The summed E-state index contributed by atoms with van der Waals surface area (Å²) in [7, 11) is 0. The zero-order chi connectivity index (χ0) is 23.7. The maximum Gasteiger partial charge on any atom is 0.228 e. The van der Waals surface area contributed by atoms with Crippen LogP contribution in [0.4, 0.5) is 5.82 Å². The molecule has 1 aliphatic heterocycles. The number of rotatable bonds is 8. The minimum absolute atomic E-state index is 0.0621. The number of anilines is 1. The molecule has 174 valence electrons. The molecular weight excluding hydrogens is 398 g/mol. The summed E-state index contributed by atoms with van der Waals surface area (Å²) in [6.07, 6.45) is 15.5. The molecule has 1 aliphatic carbocycles. The zero-order valence-electron chi connectivity index (χ0n) is 20.4. The predicted molar refractivity (Wildman–Crippen MR) is 134 cm³/mol. The third kappa shape index (κ3) is 6.92. The van der Waals surface area contributed by atoms with Crippen LogP contribution in [0.25, 0.3) is 6.08 Å². The molecule has 2 heterocycles. The molecule has 2 atom stereocenters. The number of allylic oxidation sites excluding steroid dienone is 5. The smallest absolute Gasteiger partial charge is 0.228 e. The van der Waals surface area contributed by atoms with Crippen molar-refractivity contribution in [3.05, 3.63) is 64.5 Å². The first kappa shape index (κ1) is 25.6. The lowest BCUT2D eigenvalue weighted by Gasteiger charge is -2.26. The second-order valence-corrected chi connectivity index (χ2v) is 8.18. The fourth-order valence-corrected chi connectivity index (χ4v) is 3.48. The topological polar surface area (TPSA) is 74.2 Å². The van der Waals surface area contributed by atoms with Crippen molar-refractivity contribution in [2.45, 2.75) is 79.4 Å². The molecule has 3 N–H and O–H groups in total. The quantitative estimate of drug-likeness (QED) is 0.457. The molecule has 0 radical (unpaired) electrons. The monoisotopic (exact) mass is 437 g/mol. The lowest BCUT2D eigenvalue weighted by atomic mass is 9.91. The number of amides is 1. The molecule has 1 aromatic heterocycles. The van der Waals surface area contributed by atoms with Gasteiger partial charge in [0.25, 0.3) is 0 Å². The van der Waals surface area contributed by atoms with Crippen LogP contribution in [-0.2, 0) is 4.79 Å². The van der Waals surface area contributed by atoms with Gasteiger partial charge in [0.05, 0.1) is 12.1 Å². The van der Waals surface area contributed by atoms with E-state index in [2.05, 4.69) is 53.8 Å². The first-order chi connectivity index (χ1) is 15.4. The zero-order valence-corrected chi connectivity index (χ0v) is 20.4. The number of pyridine rings is 1. The third-order valence-corrected chi connectivity index (χ3v) is 5.61. The first-order valence-electron chi connectivity index (χ1n) is 11.9. The van der Waals surface area contributed by atoms with Crippen molar-refractivity contribution in [2.75, 3.05) is 5.32 Å². The van der Waals surface area contributed by atoms with Gasteiger partial charge in [-0.1, -0.05) is 45.9 Å². The van der Waals surface area contributed by atoms with Crippen LogP contribution < -0.4 is 10.6 Å². The van der Waals surface area contributed by atoms with Crippen molar-refractivity contribution < 1.29 is 9.90 Å². The lowest BCUT2D eigenvalue weighted by Crippen LogP contribution is -2.37. The Kier molecular flexibility index (Phi) is 9.92. The normalized spacial score (nSPS) is 19.3. The van der Waals surface area contributed by atoms with E-state index in [1.165, 1.54) is 0 Å². The lowest BCUT2D eigenvalue weighted by molar-refractivity contribution is -0.117. The van der Waals surface area contributed by atoms with Crippen LogP contribution in [0.2, 0.25) is 0 Å². The van der Waals surface area contributed by atoms with Gasteiger partial charge in [0, 0.05) is 23.9 Å². The van der Waals surface area contributed by atoms with E-state index >= 15 is 0 Å². The molecule has 1 saturated carbocycles. The van der Waals surface area contributed by atoms with E-state index in [1.807, 2.05) is 46.2 Å². The fourth-order valence-electron chi connectivity index (χ4n) is 3.48. The Hall–Kier alpha value is -2.66. The van der Waals surface area contributed by atoms with Crippen LogP contribution in [0.5, 0.6) is 0 Å². The van der Waals surface area contributed by atoms with Gasteiger partial charge in [-0.3, -0.25) is 4.79 Å². The van der Waals surface area contributed by atoms with Gasteiger partial charge < -0.3 is 15.7 Å². The summed E-state index contributed by atoms with van der Waals surface area (Å²) in [6.45, 7) is 12.2. The second-order valence-electron chi connectivity index (χ2n) is 8.18. The van der Waals surface area contributed by atoms with Gasteiger partial charge in [0.15, 0.2) is 0 Å². The Morgan fingerprint density at radius 3 is 2.59 bits per heavy atom.